The van der Waals surface area contributed by atoms with Gasteiger partial charge in [-0.05, 0) is 18.9 Å². The molecule has 2 N–H and O–H groups in total. The SMILES string of the molecule is Nc1nc2cnccc2n1C1CCS(=O)CC1. The Balaban J connectivity index is 2.04. The summed E-state index contributed by atoms with van der Waals surface area (Å²) in [5.74, 6) is 2.05. The molecule has 90 valence electrons. The monoisotopic (exact) mass is 250 g/mol. The Bertz CT molecular complexity index is 570. The number of nitrogens with zero attached hydrogens (tertiary/aromatic N) is 3. The van der Waals surface area contributed by atoms with Gasteiger partial charge in [-0.15, -0.1) is 0 Å². The molecular formula is C11H14N4OS. The molecule has 0 saturated carbocycles. The third kappa shape index (κ3) is 1.82. The Morgan fingerprint density at radius 1 is 1.41 bits per heavy atom. The highest BCUT2D eigenvalue weighted by Crippen LogP contribution is 2.29. The molecular weight excluding hydrogens is 236 g/mol. The zero-order valence-electron chi connectivity index (χ0n) is 9.37. The van der Waals surface area contributed by atoms with Gasteiger partial charge in [0.2, 0.25) is 5.95 Å². The van der Waals surface area contributed by atoms with Crippen LogP contribution >= 0.6 is 0 Å². The van der Waals surface area contributed by atoms with E-state index in [4.69, 9.17) is 5.73 Å². The Labute approximate surface area is 102 Å². The molecule has 2 aromatic rings. The highest BCUT2D eigenvalue weighted by Gasteiger charge is 2.22. The predicted octanol–water partition coefficient (Wildman–Crippen LogP) is 1.10. The number of imidazole rings is 1. The van der Waals surface area contributed by atoms with Crippen molar-refractivity contribution in [1.29, 1.82) is 0 Å². The van der Waals surface area contributed by atoms with Gasteiger partial charge in [0.05, 0.1) is 11.7 Å². The summed E-state index contributed by atoms with van der Waals surface area (Å²) in [6.07, 6.45) is 5.29. The number of hydrogen-bond donors (Lipinski definition) is 1. The first-order valence-corrected chi connectivity index (χ1v) is 7.17. The number of anilines is 1. The van der Waals surface area contributed by atoms with Gasteiger partial charge in [-0.2, -0.15) is 0 Å². The molecule has 2 aromatic heterocycles. The average Bonchev–Trinajstić information content (AvgIpc) is 2.66. The zero-order valence-corrected chi connectivity index (χ0v) is 10.2. The number of hydrogen-bond acceptors (Lipinski definition) is 4. The van der Waals surface area contributed by atoms with Crippen molar-refractivity contribution in [2.24, 2.45) is 0 Å². The van der Waals surface area contributed by atoms with Crippen LogP contribution in [0, 0.1) is 0 Å². The molecule has 0 aromatic carbocycles. The molecule has 0 unspecified atom stereocenters. The van der Waals surface area contributed by atoms with E-state index in [0.29, 0.717) is 12.0 Å². The van der Waals surface area contributed by atoms with E-state index in [1.165, 1.54) is 0 Å². The van der Waals surface area contributed by atoms with Crippen LogP contribution in [-0.4, -0.2) is 30.2 Å². The fraction of sp³-hybridized carbons (Fsp3) is 0.455. The first-order chi connectivity index (χ1) is 8.25. The standard InChI is InChI=1S/C11H14N4OS/c12-11-14-9-7-13-4-1-10(9)15(11)8-2-5-17(16)6-3-8/h1,4,7-8H,2-3,5-6H2,(H2,12,14). The lowest BCUT2D eigenvalue weighted by Gasteiger charge is -2.24. The van der Waals surface area contributed by atoms with Crippen LogP contribution in [0.15, 0.2) is 18.5 Å². The highest BCUT2D eigenvalue weighted by molar-refractivity contribution is 7.85. The molecule has 6 heteroatoms. The lowest BCUT2D eigenvalue weighted by atomic mass is 10.1. The third-order valence-electron chi connectivity index (χ3n) is 3.24. The van der Waals surface area contributed by atoms with Crippen molar-refractivity contribution < 1.29 is 4.21 Å². The highest BCUT2D eigenvalue weighted by atomic mass is 32.2. The molecule has 1 aliphatic rings. The Kier molecular flexibility index (Phi) is 2.58. The molecule has 17 heavy (non-hydrogen) atoms. The van der Waals surface area contributed by atoms with Gasteiger partial charge in [0.1, 0.15) is 5.52 Å². The number of nitrogen functional groups attached to an aromatic ring is 1. The number of aromatic nitrogens is 3. The van der Waals surface area contributed by atoms with Crippen LogP contribution in [-0.2, 0) is 10.8 Å². The van der Waals surface area contributed by atoms with Crippen LogP contribution in [0.5, 0.6) is 0 Å². The number of rotatable bonds is 1. The number of pyridine rings is 1. The molecule has 0 atom stereocenters. The van der Waals surface area contributed by atoms with Gasteiger partial charge in [-0.25, -0.2) is 4.98 Å². The lowest BCUT2D eigenvalue weighted by Crippen LogP contribution is -2.22. The molecule has 1 fully saturated rings. The maximum absolute atomic E-state index is 11.4. The Morgan fingerprint density at radius 3 is 2.94 bits per heavy atom. The Morgan fingerprint density at radius 2 is 2.18 bits per heavy atom. The fourth-order valence-corrected chi connectivity index (χ4v) is 3.67. The van der Waals surface area contributed by atoms with E-state index in [9.17, 15) is 4.21 Å². The maximum Gasteiger partial charge on any atom is 0.201 e. The molecule has 3 rings (SSSR count). The van der Waals surface area contributed by atoms with Crippen molar-refractivity contribution in [3.8, 4) is 0 Å². The van der Waals surface area contributed by atoms with Crippen molar-refractivity contribution >= 4 is 27.8 Å². The van der Waals surface area contributed by atoms with Crippen LogP contribution in [0.4, 0.5) is 5.95 Å². The van der Waals surface area contributed by atoms with E-state index in [1.807, 2.05) is 6.07 Å². The van der Waals surface area contributed by atoms with Gasteiger partial charge in [0.25, 0.3) is 0 Å². The third-order valence-corrected chi connectivity index (χ3v) is 4.62. The van der Waals surface area contributed by atoms with E-state index in [2.05, 4.69) is 14.5 Å². The minimum absolute atomic E-state index is 0.320. The summed E-state index contributed by atoms with van der Waals surface area (Å²) in [7, 11) is -0.650. The second-order valence-corrected chi connectivity index (χ2v) is 5.98. The molecule has 0 radical (unpaired) electrons. The second-order valence-electron chi connectivity index (χ2n) is 4.28. The number of fused-ring (bicyclic) bond motifs is 1. The topological polar surface area (TPSA) is 73.8 Å². The molecule has 1 saturated heterocycles. The minimum atomic E-state index is -0.650. The summed E-state index contributed by atoms with van der Waals surface area (Å²) in [5, 5.41) is 0. The van der Waals surface area contributed by atoms with Crippen LogP contribution in [0.25, 0.3) is 11.0 Å². The predicted molar refractivity (Wildman–Crippen MR) is 68.1 cm³/mol. The normalized spacial score (nSPS) is 25.2. The van der Waals surface area contributed by atoms with Crippen molar-refractivity contribution in [2.75, 3.05) is 17.2 Å². The van der Waals surface area contributed by atoms with Crippen molar-refractivity contribution in [3.05, 3.63) is 18.5 Å². The molecule has 0 bridgehead atoms. The van der Waals surface area contributed by atoms with E-state index < -0.39 is 10.8 Å². The summed E-state index contributed by atoms with van der Waals surface area (Å²) in [6.45, 7) is 0. The second kappa shape index (κ2) is 4.10. The summed E-state index contributed by atoms with van der Waals surface area (Å²) < 4.78 is 13.4. The van der Waals surface area contributed by atoms with Crippen LogP contribution in [0.3, 0.4) is 0 Å². The molecule has 1 aliphatic heterocycles. The quantitative estimate of drug-likeness (QED) is 0.822. The lowest BCUT2D eigenvalue weighted by molar-refractivity contribution is 0.478. The van der Waals surface area contributed by atoms with Crippen LogP contribution < -0.4 is 5.73 Å². The summed E-state index contributed by atoms with van der Waals surface area (Å²) in [4.78, 5) is 8.35. The minimum Gasteiger partial charge on any atom is -0.369 e. The Hall–Kier alpha value is -1.43. The fourth-order valence-electron chi connectivity index (χ4n) is 2.39. The van der Waals surface area contributed by atoms with Gasteiger partial charge in [0, 0.05) is 34.5 Å². The molecule has 0 aliphatic carbocycles. The molecule has 3 heterocycles. The van der Waals surface area contributed by atoms with Gasteiger partial charge in [0.15, 0.2) is 0 Å². The summed E-state index contributed by atoms with van der Waals surface area (Å²) >= 11 is 0. The smallest absolute Gasteiger partial charge is 0.201 e. The molecule has 5 nitrogen and oxygen atoms in total. The van der Waals surface area contributed by atoms with Gasteiger partial charge >= 0.3 is 0 Å². The van der Waals surface area contributed by atoms with E-state index in [-0.39, 0.29) is 0 Å². The summed E-state index contributed by atoms with van der Waals surface area (Å²) in [5.41, 5.74) is 7.82. The van der Waals surface area contributed by atoms with E-state index in [1.54, 1.807) is 12.4 Å². The van der Waals surface area contributed by atoms with Crippen molar-refractivity contribution in [2.45, 2.75) is 18.9 Å². The van der Waals surface area contributed by atoms with Crippen molar-refractivity contribution in [3.63, 3.8) is 0 Å². The van der Waals surface area contributed by atoms with E-state index >= 15 is 0 Å². The average molecular weight is 250 g/mol. The van der Waals surface area contributed by atoms with Gasteiger partial charge in [-0.3, -0.25) is 9.19 Å². The maximum atomic E-state index is 11.4. The first kappa shape index (κ1) is 10.7. The van der Waals surface area contributed by atoms with Crippen LogP contribution in [0.1, 0.15) is 18.9 Å². The van der Waals surface area contributed by atoms with Crippen molar-refractivity contribution in [1.82, 2.24) is 14.5 Å². The number of nitrogens with two attached hydrogens (primary N) is 1. The largest absolute Gasteiger partial charge is 0.369 e. The molecule has 0 spiro atoms. The van der Waals surface area contributed by atoms with E-state index in [0.717, 1.165) is 35.4 Å². The first-order valence-electron chi connectivity index (χ1n) is 5.68. The molecule has 0 amide bonds. The zero-order chi connectivity index (χ0) is 11.8. The summed E-state index contributed by atoms with van der Waals surface area (Å²) in [6, 6.07) is 2.25. The van der Waals surface area contributed by atoms with Gasteiger partial charge in [-0.1, -0.05) is 0 Å². The van der Waals surface area contributed by atoms with Crippen LogP contribution in [0.2, 0.25) is 0 Å². The van der Waals surface area contributed by atoms with Gasteiger partial charge < -0.3 is 10.3 Å².